The van der Waals surface area contributed by atoms with Gasteiger partial charge in [0.1, 0.15) is 5.82 Å². The van der Waals surface area contributed by atoms with Crippen LogP contribution in [0.2, 0.25) is 0 Å². The number of thioether (sulfide) groups is 1. The number of hydrogen-bond donors (Lipinski definition) is 0. The van der Waals surface area contributed by atoms with Crippen molar-refractivity contribution in [1.82, 2.24) is 19.6 Å². The quantitative estimate of drug-likeness (QED) is 0.241. The Balaban J connectivity index is 1.78. The second-order valence-corrected chi connectivity index (χ2v) is 6.42. The Morgan fingerprint density at radius 1 is 1.12 bits per heavy atom. The number of benzene rings is 2. The van der Waals surface area contributed by atoms with E-state index in [0.29, 0.717) is 22.3 Å². The van der Waals surface area contributed by atoms with Gasteiger partial charge in [0.15, 0.2) is 10.8 Å². The molecular weight excluding hydrogens is 338 g/mol. The smallest absolute Gasteiger partial charge is 0.258 e. The zero-order valence-electron chi connectivity index (χ0n) is 13.3. The van der Waals surface area contributed by atoms with Crippen LogP contribution in [0, 0.1) is 17.0 Å². The predicted octanol–water partition coefficient (Wildman–Crippen LogP) is 3.79. The van der Waals surface area contributed by atoms with Crippen LogP contribution in [0.1, 0.15) is 11.4 Å². The topological polar surface area (TPSA) is 86.2 Å². The molecule has 0 radical (unpaired) electrons. The number of aryl methyl sites for hydroxylation is 1. The second-order valence-electron chi connectivity index (χ2n) is 5.48. The van der Waals surface area contributed by atoms with E-state index >= 15 is 0 Å². The third kappa shape index (κ3) is 2.80. The van der Waals surface area contributed by atoms with Gasteiger partial charge in [0, 0.05) is 22.8 Å². The maximum Gasteiger partial charge on any atom is 0.273 e. The van der Waals surface area contributed by atoms with E-state index in [9.17, 15) is 10.1 Å². The highest BCUT2D eigenvalue weighted by molar-refractivity contribution is 7.98. The molecule has 0 N–H and O–H groups in total. The SMILES string of the molecule is Cc1nc2c3ccccc3nc(SCc3ccccc3[N+](=O)[O-])n2n1. The Kier molecular flexibility index (Phi) is 3.81. The molecule has 2 heterocycles. The van der Waals surface area contributed by atoms with Crippen LogP contribution in [0.25, 0.3) is 16.6 Å². The van der Waals surface area contributed by atoms with Gasteiger partial charge in [-0.15, -0.1) is 5.10 Å². The van der Waals surface area contributed by atoms with Crippen LogP contribution in [0.4, 0.5) is 5.69 Å². The molecule has 0 atom stereocenters. The monoisotopic (exact) mass is 351 g/mol. The molecule has 4 rings (SSSR count). The first-order valence-corrected chi connectivity index (χ1v) is 8.59. The van der Waals surface area contributed by atoms with Gasteiger partial charge >= 0.3 is 0 Å². The average Bonchev–Trinajstić information content (AvgIpc) is 3.01. The number of nitro benzene ring substituents is 1. The summed E-state index contributed by atoms with van der Waals surface area (Å²) < 4.78 is 1.71. The Bertz CT molecular complexity index is 1110. The Morgan fingerprint density at radius 2 is 1.88 bits per heavy atom. The molecule has 0 spiro atoms. The molecule has 4 aromatic rings. The summed E-state index contributed by atoms with van der Waals surface area (Å²) in [5, 5.41) is 17.2. The van der Waals surface area contributed by atoms with Crippen molar-refractivity contribution in [1.29, 1.82) is 0 Å². The number of nitrogens with zero attached hydrogens (tertiary/aromatic N) is 5. The van der Waals surface area contributed by atoms with Crippen molar-refractivity contribution in [2.75, 3.05) is 0 Å². The standard InChI is InChI=1S/C17H13N5O2S/c1-11-18-16-13-7-3-4-8-14(13)19-17(21(16)20-11)25-10-12-6-2-5-9-15(12)22(23)24/h2-9H,10H2,1H3. The van der Waals surface area contributed by atoms with Crippen LogP contribution in [0.5, 0.6) is 0 Å². The highest BCUT2D eigenvalue weighted by Crippen LogP contribution is 2.29. The minimum absolute atomic E-state index is 0.113. The van der Waals surface area contributed by atoms with Crippen molar-refractivity contribution < 1.29 is 4.92 Å². The summed E-state index contributed by atoms with van der Waals surface area (Å²) in [4.78, 5) is 20.0. The second kappa shape index (κ2) is 6.14. The number of para-hydroxylation sites is 2. The number of nitro groups is 1. The van der Waals surface area contributed by atoms with Crippen LogP contribution in [-0.4, -0.2) is 24.5 Å². The Labute approximate surface area is 146 Å². The molecule has 25 heavy (non-hydrogen) atoms. The third-order valence-corrected chi connectivity index (χ3v) is 4.78. The summed E-state index contributed by atoms with van der Waals surface area (Å²) in [6.07, 6.45) is 0. The van der Waals surface area contributed by atoms with E-state index in [1.165, 1.54) is 17.8 Å². The molecule has 0 aliphatic rings. The fourth-order valence-corrected chi connectivity index (χ4v) is 3.62. The van der Waals surface area contributed by atoms with Crippen LogP contribution in [0.3, 0.4) is 0 Å². The molecule has 0 saturated carbocycles. The summed E-state index contributed by atoms with van der Waals surface area (Å²) in [6, 6.07) is 14.5. The molecule has 2 aromatic heterocycles. The van der Waals surface area contributed by atoms with E-state index in [4.69, 9.17) is 0 Å². The van der Waals surface area contributed by atoms with E-state index < -0.39 is 0 Å². The van der Waals surface area contributed by atoms with Gasteiger partial charge in [-0.2, -0.15) is 4.52 Å². The lowest BCUT2D eigenvalue weighted by atomic mass is 10.2. The van der Waals surface area contributed by atoms with E-state index in [-0.39, 0.29) is 10.6 Å². The van der Waals surface area contributed by atoms with Gasteiger partial charge < -0.3 is 0 Å². The van der Waals surface area contributed by atoms with Crippen molar-refractivity contribution >= 4 is 34.0 Å². The maximum atomic E-state index is 11.2. The predicted molar refractivity (Wildman–Crippen MR) is 95.7 cm³/mol. The lowest BCUT2D eigenvalue weighted by molar-refractivity contribution is -0.385. The lowest BCUT2D eigenvalue weighted by Gasteiger charge is -2.06. The molecule has 0 bridgehead atoms. The molecule has 7 nitrogen and oxygen atoms in total. The van der Waals surface area contributed by atoms with Crippen LogP contribution >= 0.6 is 11.8 Å². The fraction of sp³-hybridized carbons (Fsp3) is 0.118. The summed E-state index contributed by atoms with van der Waals surface area (Å²) >= 11 is 1.41. The van der Waals surface area contributed by atoms with Gasteiger partial charge in [-0.25, -0.2) is 9.97 Å². The van der Waals surface area contributed by atoms with Crippen molar-refractivity contribution in [2.24, 2.45) is 0 Å². The van der Waals surface area contributed by atoms with Crippen molar-refractivity contribution in [2.45, 2.75) is 17.8 Å². The van der Waals surface area contributed by atoms with Gasteiger partial charge in [-0.1, -0.05) is 42.1 Å². The molecule has 2 aromatic carbocycles. The number of fused-ring (bicyclic) bond motifs is 3. The third-order valence-electron chi connectivity index (χ3n) is 3.80. The highest BCUT2D eigenvalue weighted by Gasteiger charge is 2.16. The Hall–Kier alpha value is -3.00. The minimum atomic E-state index is -0.362. The van der Waals surface area contributed by atoms with Gasteiger partial charge in [0.05, 0.1) is 10.4 Å². The first-order chi connectivity index (χ1) is 12.1. The van der Waals surface area contributed by atoms with Gasteiger partial charge in [0.25, 0.3) is 5.69 Å². The zero-order chi connectivity index (χ0) is 17.4. The largest absolute Gasteiger partial charge is 0.273 e. The zero-order valence-corrected chi connectivity index (χ0v) is 14.1. The van der Waals surface area contributed by atoms with E-state index in [2.05, 4.69) is 15.1 Å². The Morgan fingerprint density at radius 3 is 2.72 bits per heavy atom. The first kappa shape index (κ1) is 15.5. The molecule has 124 valence electrons. The minimum Gasteiger partial charge on any atom is -0.258 e. The summed E-state index contributed by atoms with van der Waals surface area (Å²) in [7, 11) is 0. The van der Waals surface area contributed by atoms with Crippen LogP contribution in [-0.2, 0) is 5.75 Å². The summed E-state index contributed by atoms with van der Waals surface area (Å²) in [6.45, 7) is 1.83. The van der Waals surface area contributed by atoms with Crippen molar-refractivity contribution in [3.05, 3.63) is 70.0 Å². The highest BCUT2D eigenvalue weighted by atomic mass is 32.2. The fourth-order valence-electron chi connectivity index (χ4n) is 2.68. The van der Waals surface area contributed by atoms with Crippen molar-refractivity contribution in [3.8, 4) is 0 Å². The molecule has 0 fully saturated rings. The molecule has 0 aliphatic heterocycles. The van der Waals surface area contributed by atoms with Gasteiger partial charge in [-0.05, 0) is 19.1 Å². The van der Waals surface area contributed by atoms with Gasteiger partial charge in [0.2, 0.25) is 0 Å². The lowest BCUT2D eigenvalue weighted by Crippen LogP contribution is -1.99. The first-order valence-electron chi connectivity index (χ1n) is 7.61. The molecule has 0 amide bonds. The van der Waals surface area contributed by atoms with E-state index in [0.717, 1.165) is 16.6 Å². The molecular formula is C17H13N5O2S. The van der Waals surface area contributed by atoms with E-state index in [1.54, 1.807) is 22.7 Å². The average molecular weight is 351 g/mol. The van der Waals surface area contributed by atoms with E-state index in [1.807, 2.05) is 31.2 Å². The molecule has 0 saturated heterocycles. The van der Waals surface area contributed by atoms with Crippen molar-refractivity contribution in [3.63, 3.8) is 0 Å². The van der Waals surface area contributed by atoms with Crippen LogP contribution in [0.15, 0.2) is 53.7 Å². The van der Waals surface area contributed by atoms with Gasteiger partial charge in [-0.3, -0.25) is 10.1 Å². The summed E-state index contributed by atoms with van der Waals surface area (Å²) in [5.74, 6) is 1.09. The number of aromatic nitrogens is 4. The number of rotatable bonds is 4. The molecule has 0 unspecified atom stereocenters. The molecule has 0 aliphatic carbocycles. The maximum absolute atomic E-state index is 11.2. The van der Waals surface area contributed by atoms with Crippen LogP contribution < -0.4 is 0 Å². The molecule has 8 heteroatoms. The number of hydrogen-bond acceptors (Lipinski definition) is 6. The summed E-state index contributed by atoms with van der Waals surface area (Å²) in [5.41, 5.74) is 2.33. The normalized spacial score (nSPS) is 11.2.